The Labute approximate surface area is 164 Å². The summed E-state index contributed by atoms with van der Waals surface area (Å²) in [6.07, 6.45) is -0.888. The lowest BCUT2D eigenvalue weighted by Crippen LogP contribution is -2.42. The number of nitriles is 1. The Bertz CT molecular complexity index is 976. The molecule has 1 aromatic heterocycles. The van der Waals surface area contributed by atoms with E-state index in [9.17, 15) is 13.5 Å². The molecule has 8 nitrogen and oxygen atoms in total. The van der Waals surface area contributed by atoms with Crippen LogP contribution in [-0.2, 0) is 15.4 Å². The number of aliphatic hydroxyl groups excluding tert-OH is 1. The van der Waals surface area contributed by atoms with Crippen LogP contribution in [0, 0.1) is 11.3 Å². The topological polar surface area (TPSA) is 119 Å². The first-order chi connectivity index (χ1) is 13.1. The lowest BCUT2D eigenvalue weighted by atomic mass is 9.87. The van der Waals surface area contributed by atoms with E-state index in [0.717, 1.165) is 5.56 Å². The van der Waals surface area contributed by atoms with Crippen LogP contribution in [0.2, 0.25) is 0 Å². The van der Waals surface area contributed by atoms with E-state index in [0.29, 0.717) is 5.82 Å². The number of rotatable bonds is 4. The van der Waals surface area contributed by atoms with Crippen LogP contribution >= 0.6 is 0 Å². The molecule has 0 saturated carbocycles. The van der Waals surface area contributed by atoms with Gasteiger partial charge in [0.15, 0.2) is 11.5 Å². The number of sulfonamides is 1. The molecule has 0 spiro atoms. The van der Waals surface area contributed by atoms with Crippen LogP contribution in [0.4, 0.5) is 5.82 Å². The Kier molecular flexibility index (Phi) is 5.39. The maximum atomic E-state index is 12.7. The first kappa shape index (κ1) is 20.2. The van der Waals surface area contributed by atoms with Gasteiger partial charge in [-0.1, -0.05) is 32.9 Å². The Balaban J connectivity index is 1.72. The van der Waals surface area contributed by atoms with E-state index in [2.05, 4.69) is 35.7 Å². The van der Waals surface area contributed by atoms with Crippen LogP contribution in [0.5, 0.6) is 0 Å². The number of benzene rings is 1. The summed E-state index contributed by atoms with van der Waals surface area (Å²) >= 11 is 0. The number of hydrogen-bond acceptors (Lipinski definition) is 7. The van der Waals surface area contributed by atoms with E-state index in [1.54, 1.807) is 35.2 Å². The Morgan fingerprint density at radius 2 is 1.82 bits per heavy atom. The lowest BCUT2D eigenvalue weighted by molar-refractivity contribution is 0.174. The Morgan fingerprint density at radius 1 is 1.14 bits per heavy atom. The molecule has 1 saturated heterocycles. The van der Waals surface area contributed by atoms with Crippen LogP contribution in [0.15, 0.2) is 41.3 Å². The number of anilines is 1. The molecule has 1 aliphatic rings. The SMILES string of the molecule is CC(C)(C)c1ccc(S(=O)(=O)N[C@H]2CN(c3ccc(C#N)nn3)C[C@H]2O)cc1. The lowest BCUT2D eigenvalue weighted by Gasteiger charge is -2.20. The van der Waals surface area contributed by atoms with Gasteiger partial charge in [0, 0.05) is 13.1 Å². The van der Waals surface area contributed by atoms with E-state index < -0.39 is 22.2 Å². The highest BCUT2D eigenvalue weighted by atomic mass is 32.2. The van der Waals surface area contributed by atoms with Gasteiger partial charge in [0.05, 0.1) is 17.0 Å². The van der Waals surface area contributed by atoms with Crippen LogP contribution in [-0.4, -0.2) is 49.0 Å². The van der Waals surface area contributed by atoms with Gasteiger partial charge >= 0.3 is 0 Å². The van der Waals surface area contributed by atoms with Crippen LogP contribution < -0.4 is 9.62 Å². The van der Waals surface area contributed by atoms with E-state index in [-0.39, 0.29) is 29.1 Å². The van der Waals surface area contributed by atoms with Crippen molar-refractivity contribution < 1.29 is 13.5 Å². The zero-order valence-corrected chi connectivity index (χ0v) is 16.8. The third kappa shape index (κ3) is 4.30. The molecule has 28 heavy (non-hydrogen) atoms. The number of aromatic nitrogens is 2. The predicted molar refractivity (Wildman–Crippen MR) is 104 cm³/mol. The van der Waals surface area contributed by atoms with Gasteiger partial charge in [0.2, 0.25) is 10.0 Å². The van der Waals surface area contributed by atoms with Gasteiger partial charge in [-0.2, -0.15) is 5.26 Å². The second-order valence-electron chi connectivity index (χ2n) is 7.86. The molecule has 2 aromatic rings. The molecular formula is C19H23N5O3S. The van der Waals surface area contributed by atoms with Gasteiger partial charge in [-0.15, -0.1) is 10.2 Å². The van der Waals surface area contributed by atoms with Crippen molar-refractivity contribution in [3.8, 4) is 6.07 Å². The quantitative estimate of drug-likeness (QED) is 0.789. The van der Waals surface area contributed by atoms with E-state index in [4.69, 9.17) is 5.26 Å². The summed E-state index contributed by atoms with van der Waals surface area (Å²) < 4.78 is 28.0. The maximum absolute atomic E-state index is 12.7. The van der Waals surface area contributed by atoms with Gasteiger partial charge in [-0.3, -0.25) is 0 Å². The molecule has 9 heteroatoms. The van der Waals surface area contributed by atoms with Crippen molar-refractivity contribution in [2.45, 2.75) is 43.2 Å². The summed E-state index contributed by atoms with van der Waals surface area (Å²) in [7, 11) is -3.77. The second kappa shape index (κ2) is 7.47. The van der Waals surface area contributed by atoms with Crippen molar-refractivity contribution in [2.24, 2.45) is 0 Å². The van der Waals surface area contributed by atoms with Crippen LogP contribution in [0.3, 0.4) is 0 Å². The Hall–Kier alpha value is -2.54. The van der Waals surface area contributed by atoms with Crippen molar-refractivity contribution in [3.63, 3.8) is 0 Å². The third-order valence-corrected chi connectivity index (χ3v) is 6.22. The number of β-amino-alcohol motifs (C(OH)–C–C–N with tert-alkyl or cyclic N) is 1. The largest absolute Gasteiger partial charge is 0.390 e. The summed E-state index contributed by atoms with van der Waals surface area (Å²) in [4.78, 5) is 1.89. The van der Waals surface area contributed by atoms with Crippen molar-refractivity contribution in [3.05, 3.63) is 47.7 Å². The van der Waals surface area contributed by atoms with Gasteiger partial charge < -0.3 is 10.0 Å². The van der Waals surface area contributed by atoms with Crippen LogP contribution in [0.25, 0.3) is 0 Å². The summed E-state index contributed by atoms with van der Waals surface area (Å²) in [6, 6.07) is 11.1. The van der Waals surface area contributed by atoms with Crippen molar-refractivity contribution >= 4 is 15.8 Å². The van der Waals surface area contributed by atoms with E-state index in [1.807, 2.05) is 6.07 Å². The number of nitrogens with one attached hydrogen (secondary N) is 1. The summed E-state index contributed by atoms with van der Waals surface area (Å²) in [5.74, 6) is 0.481. The molecule has 2 heterocycles. The minimum absolute atomic E-state index is 0.0694. The van der Waals surface area contributed by atoms with Gasteiger partial charge in [-0.05, 0) is 35.2 Å². The molecule has 0 amide bonds. The first-order valence-electron chi connectivity index (χ1n) is 8.90. The molecule has 1 aromatic carbocycles. The third-order valence-electron chi connectivity index (χ3n) is 4.72. The predicted octanol–water partition coefficient (Wildman–Crippen LogP) is 1.17. The highest BCUT2D eigenvalue weighted by Crippen LogP contribution is 2.24. The molecule has 0 bridgehead atoms. The highest BCUT2D eigenvalue weighted by molar-refractivity contribution is 7.89. The van der Waals surface area contributed by atoms with Gasteiger partial charge in [-0.25, -0.2) is 13.1 Å². The molecule has 0 radical (unpaired) electrons. The maximum Gasteiger partial charge on any atom is 0.240 e. The van der Waals surface area contributed by atoms with E-state index in [1.165, 1.54) is 6.07 Å². The molecule has 0 unspecified atom stereocenters. The number of aliphatic hydroxyl groups is 1. The summed E-state index contributed by atoms with van der Waals surface area (Å²) in [6.45, 7) is 6.65. The number of hydrogen-bond donors (Lipinski definition) is 2. The first-order valence-corrected chi connectivity index (χ1v) is 10.4. The van der Waals surface area contributed by atoms with E-state index >= 15 is 0 Å². The molecule has 3 rings (SSSR count). The average molecular weight is 401 g/mol. The minimum atomic E-state index is -3.77. The zero-order chi connectivity index (χ0) is 20.5. The molecule has 2 N–H and O–H groups in total. The normalized spacial score (nSPS) is 20.2. The highest BCUT2D eigenvalue weighted by Gasteiger charge is 2.35. The smallest absolute Gasteiger partial charge is 0.240 e. The molecule has 2 atom stereocenters. The average Bonchev–Trinajstić information content (AvgIpc) is 3.01. The second-order valence-corrected chi connectivity index (χ2v) is 9.58. The molecule has 1 fully saturated rings. The molecule has 1 aliphatic heterocycles. The monoisotopic (exact) mass is 401 g/mol. The fourth-order valence-corrected chi connectivity index (χ4v) is 4.31. The Morgan fingerprint density at radius 3 is 2.36 bits per heavy atom. The minimum Gasteiger partial charge on any atom is -0.390 e. The summed E-state index contributed by atoms with van der Waals surface area (Å²) in [5, 5.41) is 26.8. The fraction of sp³-hybridized carbons (Fsp3) is 0.421. The van der Waals surface area contributed by atoms with Gasteiger partial charge in [0.25, 0.3) is 0 Å². The summed E-state index contributed by atoms with van der Waals surface area (Å²) in [5.41, 5.74) is 1.16. The number of nitrogens with zero attached hydrogens (tertiary/aromatic N) is 4. The molecular weight excluding hydrogens is 378 g/mol. The van der Waals surface area contributed by atoms with Crippen molar-refractivity contribution in [1.29, 1.82) is 5.26 Å². The standard InChI is InChI=1S/C19H23N5O3S/c1-19(2,3)13-4-7-15(8-5-13)28(26,27)23-16-11-24(12-17(16)25)18-9-6-14(10-20)21-22-18/h4-9,16-17,23,25H,11-12H2,1-3H3/t16-,17+/m0/s1. The fourth-order valence-electron chi connectivity index (χ4n) is 3.04. The molecule has 148 valence electrons. The zero-order valence-electron chi connectivity index (χ0n) is 16.0. The van der Waals surface area contributed by atoms with Gasteiger partial charge in [0.1, 0.15) is 6.07 Å². The van der Waals surface area contributed by atoms with Crippen molar-refractivity contribution in [1.82, 2.24) is 14.9 Å². The molecule has 0 aliphatic carbocycles. The van der Waals surface area contributed by atoms with Crippen molar-refractivity contribution in [2.75, 3.05) is 18.0 Å². The van der Waals surface area contributed by atoms with Crippen LogP contribution in [0.1, 0.15) is 32.0 Å².